The smallest absolute Gasteiger partial charge is 0.263 e. The standard InChI is InChI=1S/C24H30N4O6S/c1-18(28(35(2,31)32)20-7-4-3-5-8-20)24(30)27-26-15-19-10-12-21(13-11-19)34-17-23(29)25-16-22-9-6-14-33-22/h3-5,7-8,10-13,15,18,22H,6,9,14,16-17H2,1-2H3,(H,25,29)(H,27,30)/b26-15+. The van der Waals surface area contributed by atoms with Crippen LogP contribution in [-0.4, -0.2) is 64.6 Å². The van der Waals surface area contributed by atoms with E-state index in [2.05, 4.69) is 15.8 Å². The highest BCUT2D eigenvalue weighted by atomic mass is 32.2. The van der Waals surface area contributed by atoms with Crippen molar-refractivity contribution in [2.45, 2.75) is 31.9 Å². The van der Waals surface area contributed by atoms with E-state index >= 15 is 0 Å². The van der Waals surface area contributed by atoms with Gasteiger partial charge in [-0.1, -0.05) is 18.2 Å². The monoisotopic (exact) mass is 502 g/mol. The van der Waals surface area contributed by atoms with Crippen molar-refractivity contribution in [3.8, 4) is 5.75 Å². The van der Waals surface area contributed by atoms with Crippen LogP contribution in [-0.2, 0) is 24.3 Å². The number of carbonyl (C=O) groups is 2. The van der Waals surface area contributed by atoms with Gasteiger partial charge in [0, 0.05) is 13.2 Å². The Balaban J connectivity index is 1.48. The number of nitrogens with one attached hydrogen (secondary N) is 2. The van der Waals surface area contributed by atoms with Crippen molar-refractivity contribution in [2.75, 3.05) is 30.3 Å². The lowest BCUT2D eigenvalue weighted by Crippen LogP contribution is -2.46. The number of amides is 2. The van der Waals surface area contributed by atoms with E-state index in [1.165, 1.54) is 13.1 Å². The fraction of sp³-hybridized carbons (Fsp3) is 0.375. The second-order valence-corrected chi connectivity index (χ2v) is 9.96. The van der Waals surface area contributed by atoms with Gasteiger partial charge in [0.25, 0.3) is 11.8 Å². The summed E-state index contributed by atoms with van der Waals surface area (Å²) in [6, 6.07) is 14.2. The predicted octanol–water partition coefficient (Wildman–Crippen LogP) is 1.67. The van der Waals surface area contributed by atoms with Crippen LogP contribution < -0.4 is 19.8 Å². The highest BCUT2D eigenvalue weighted by molar-refractivity contribution is 7.92. The Bertz CT molecular complexity index is 1120. The van der Waals surface area contributed by atoms with Gasteiger partial charge in [0.15, 0.2) is 6.61 Å². The third-order valence-electron chi connectivity index (χ3n) is 5.29. The summed E-state index contributed by atoms with van der Waals surface area (Å²) in [5.74, 6) is -0.287. The maximum Gasteiger partial charge on any atom is 0.263 e. The van der Waals surface area contributed by atoms with Gasteiger partial charge in [-0.3, -0.25) is 13.9 Å². The Morgan fingerprint density at radius 1 is 1.20 bits per heavy atom. The first kappa shape index (κ1) is 26.2. The van der Waals surface area contributed by atoms with Gasteiger partial charge in [-0.05, 0) is 61.7 Å². The summed E-state index contributed by atoms with van der Waals surface area (Å²) in [5, 5.41) is 6.71. The van der Waals surface area contributed by atoms with Crippen LogP contribution in [0.1, 0.15) is 25.3 Å². The molecule has 2 aromatic carbocycles. The third kappa shape index (κ3) is 8.08. The van der Waals surface area contributed by atoms with Crippen LogP contribution in [0.2, 0.25) is 0 Å². The molecule has 188 valence electrons. The number of para-hydroxylation sites is 1. The Hall–Kier alpha value is -3.44. The zero-order valence-corrected chi connectivity index (χ0v) is 20.5. The van der Waals surface area contributed by atoms with Crippen LogP contribution in [0, 0.1) is 0 Å². The maximum atomic E-state index is 12.5. The molecule has 0 saturated carbocycles. The van der Waals surface area contributed by atoms with E-state index in [0.29, 0.717) is 23.5 Å². The van der Waals surface area contributed by atoms with Gasteiger partial charge in [-0.15, -0.1) is 0 Å². The lowest BCUT2D eigenvalue weighted by Gasteiger charge is -2.27. The molecule has 1 aliphatic heterocycles. The summed E-state index contributed by atoms with van der Waals surface area (Å²) in [5.41, 5.74) is 3.44. The highest BCUT2D eigenvalue weighted by Gasteiger charge is 2.28. The second kappa shape index (κ2) is 12.3. The summed E-state index contributed by atoms with van der Waals surface area (Å²) in [4.78, 5) is 24.4. The fourth-order valence-electron chi connectivity index (χ4n) is 3.53. The molecular weight excluding hydrogens is 472 g/mol. The SMILES string of the molecule is CC(C(=O)N/N=C/c1ccc(OCC(=O)NCC2CCCO2)cc1)N(c1ccccc1)S(C)(=O)=O. The first-order valence-corrected chi connectivity index (χ1v) is 13.1. The van der Waals surface area contributed by atoms with Crippen LogP contribution >= 0.6 is 0 Å². The fourth-order valence-corrected chi connectivity index (χ4v) is 4.71. The lowest BCUT2D eigenvalue weighted by atomic mass is 10.2. The molecule has 2 atom stereocenters. The number of rotatable bonds is 11. The average molecular weight is 503 g/mol. The van der Waals surface area contributed by atoms with Crippen LogP contribution in [0.4, 0.5) is 5.69 Å². The molecule has 10 nitrogen and oxygen atoms in total. The van der Waals surface area contributed by atoms with Crippen LogP contribution in [0.15, 0.2) is 59.7 Å². The number of anilines is 1. The van der Waals surface area contributed by atoms with Crippen molar-refractivity contribution >= 4 is 33.7 Å². The zero-order valence-electron chi connectivity index (χ0n) is 19.7. The highest BCUT2D eigenvalue weighted by Crippen LogP contribution is 2.20. The summed E-state index contributed by atoms with van der Waals surface area (Å²) < 4.78 is 36.5. The summed E-state index contributed by atoms with van der Waals surface area (Å²) >= 11 is 0. The summed E-state index contributed by atoms with van der Waals surface area (Å²) in [6.45, 7) is 2.60. The number of nitrogens with zero attached hydrogens (tertiary/aromatic N) is 2. The van der Waals surface area contributed by atoms with E-state index in [1.807, 2.05) is 0 Å². The van der Waals surface area contributed by atoms with Crippen molar-refractivity contribution in [1.29, 1.82) is 0 Å². The first-order valence-electron chi connectivity index (χ1n) is 11.2. The molecule has 1 aliphatic rings. The number of benzene rings is 2. The molecule has 2 amide bonds. The van der Waals surface area contributed by atoms with Crippen LogP contribution in [0.3, 0.4) is 0 Å². The Labute approximate surface area is 205 Å². The number of ether oxygens (including phenoxy) is 2. The molecule has 2 N–H and O–H groups in total. The van der Waals surface area contributed by atoms with Crippen LogP contribution in [0.25, 0.3) is 0 Å². The van der Waals surface area contributed by atoms with Gasteiger partial charge in [0.2, 0.25) is 10.0 Å². The molecule has 1 heterocycles. The number of hydrogen-bond acceptors (Lipinski definition) is 7. The molecule has 0 spiro atoms. The van der Waals surface area contributed by atoms with Gasteiger partial charge in [0.05, 0.1) is 24.3 Å². The third-order valence-corrected chi connectivity index (χ3v) is 6.53. The normalized spacial score (nSPS) is 16.6. The van der Waals surface area contributed by atoms with Gasteiger partial charge in [0.1, 0.15) is 11.8 Å². The van der Waals surface area contributed by atoms with Crippen molar-refractivity contribution in [2.24, 2.45) is 5.10 Å². The molecule has 0 aliphatic carbocycles. The Morgan fingerprint density at radius 2 is 1.91 bits per heavy atom. The van der Waals surface area contributed by atoms with Crippen molar-refractivity contribution in [3.05, 3.63) is 60.2 Å². The topological polar surface area (TPSA) is 126 Å². The average Bonchev–Trinajstić information content (AvgIpc) is 3.36. The van der Waals surface area contributed by atoms with Gasteiger partial charge >= 0.3 is 0 Å². The zero-order chi connectivity index (χ0) is 25.3. The van der Waals surface area contributed by atoms with Gasteiger partial charge in [-0.25, -0.2) is 13.8 Å². The van der Waals surface area contributed by atoms with Crippen molar-refractivity contribution in [3.63, 3.8) is 0 Å². The van der Waals surface area contributed by atoms with Gasteiger partial charge in [-0.2, -0.15) is 5.10 Å². The van der Waals surface area contributed by atoms with E-state index in [0.717, 1.165) is 30.0 Å². The molecular formula is C24H30N4O6S. The molecule has 0 bridgehead atoms. The molecule has 3 rings (SSSR count). The largest absolute Gasteiger partial charge is 0.484 e. The molecule has 1 fully saturated rings. The molecule has 0 radical (unpaired) electrons. The molecule has 0 aromatic heterocycles. The van der Waals surface area contributed by atoms with Crippen molar-refractivity contribution < 1.29 is 27.5 Å². The molecule has 11 heteroatoms. The molecule has 2 aromatic rings. The minimum absolute atomic E-state index is 0.0776. The predicted molar refractivity (Wildman–Crippen MR) is 133 cm³/mol. The van der Waals surface area contributed by atoms with Gasteiger partial charge < -0.3 is 14.8 Å². The molecule has 1 saturated heterocycles. The number of sulfonamides is 1. The van der Waals surface area contributed by atoms with E-state index < -0.39 is 22.0 Å². The summed E-state index contributed by atoms with van der Waals surface area (Å²) in [7, 11) is -3.69. The summed E-state index contributed by atoms with van der Waals surface area (Å²) in [6.07, 6.45) is 4.52. The van der Waals surface area contributed by atoms with E-state index in [9.17, 15) is 18.0 Å². The second-order valence-electron chi connectivity index (χ2n) is 8.10. The minimum atomic E-state index is -3.69. The number of carbonyl (C=O) groups excluding carboxylic acids is 2. The molecule has 35 heavy (non-hydrogen) atoms. The maximum absolute atomic E-state index is 12.5. The van der Waals surface area contributed by atoms with E-state index in [-0.39, 0.29) is 18.6 Å². The first-order chi connectivity index (χ1) is 16.7. The van der Waals surface area contributed by atoms with E-state index in [4.69, 9.17) is 9.47 Å². The number of hydrogen-bond donors (Lipinski definition) is 2. The Morgan fingerprint density at radius 3 is 2.54 bits per heavy atom. The lowest BCUT2D eigenvalue weighted by molar-refractivity contribution is -0.123. The van der Waals surface area contributed by atoms with E-state index in [1.54, 1.807) is 54.6 Å². The van der Waals surface area contributed by atoms with Crippen LogP contribution in [0.5, 0.6) is 5.75 Å². The molecule has 2 unspecified atom stereocenters. The Kier molecular flexibility index (Phi) is 9.21. The quantitative estimate of drug-likeness (QED) is 0.356. The number of hydrazone groups is 1. The van der Waals surface area contributed by atoms with Crippen molar-refractivity contribution in [1.82, 2.24) is 10.7 Å². The minimum Gasteiger partial charge on any atom is -0.484 e.